The predicted molar refractivity (Wildman–Crippen MR) is 92.9 cm³/mol. The lowest BCUT2D eigenvalue weighted by Gasteiger charge is -2.12. The second kappa shape index (κ2) is 9.41. The van der Waals surface area contributed by atoms with Crippen LogP contribution in [-0.2, 0) is 16.0 Å². The molecule has 2 rings (SSSR count). The fraction of sp³-hybridized carbons (Fsp3) is 0.263. The third-order valence-corrected chi connectivity index (χ3v) is 3.64. The summed E-state index contributed by atoms with van der Waals surface area (Å²) in [5.41, 5.74) is 0.611. The summed E-state index contributed by atoms with van der Waals surface area (Å²) in [6.45, 7) is -0.230. The molecule has 26 heavy (non-hydrogen) atoms. The molecule has 6 nitrogen and oxygen atoms in total. The predicted octanol–water partition coefficient (Wildman–Crippen LogP) is 2.36. The van der Waals surface area contributed by atoms with Crippen LogP contribution < -0.4 is 14.8 Å². The lowest BCUT2D eigenvalue weighted by atomic mass is 10.1. The van der Waals surface area contributed by atoms with Gasteiger partial charge >= 0.3 is 5.97 Å². The topological polar surface area (TPSA) is 73.9 Å². The van der Waals surface area contributed by atoms with Crippen molar-refractivity contribution in [1.82, 2.24) is 5.32 Å². The van der Waals surface area contributed by atoms with E-state index in [0.29, 0.717) is 12.0 Å². The first-order valence-corrected chi connectivity index (χ1v) is 7.95. The van der Waals surface area contributed by atoms with E-state index in [1.54, 1.807) is 36.4 Å². The summed E-state index contributed by atoms with van der Waals surface area (Å²) in [5.74, 6) is -0.966. The van der Waals surface area contributed by atoms with Gasteiger partial charge in [0.25, 0.3) is 5.91 Å². The summed E-state index contributed by atoms with van der Waals surface area (Å²) in [5, 5.41) is 2.58. The molecule has 0 aliphatic rings. The van der Waals surface area contributed by atoms with Crippen molar-refractivity contribution >= 4 is 11.9 Å². The molecule has 0 heterocycles. The highest BCUT2D eigenvalue weighted by Crippen LogP contribution is 2.28. The van der Waals surface area contributed by atoms with Crippen molar-refractivity contribution < 1.29 is 28.2 Å². The van der Waals surface area contributed by atoms with Crippen LogP contribution in [-0.4, -0.2) is 39.2 Å². The summed E-state index contributed by atoms with van der Waals surface area (Å²) in [6.07, 6.45) is 0.340. The first-order valence-electron chi connectivity index (χ1n) is 7.95. The Bertz CT molecular complexity index is 756. The van der Waals surface area contributed by atoms with Gasteiger partial charge in [0.05, 0.1) is 14.2 Å². The van der Waals surface area contributed by atoms with Gasteiger partial charge in [-0.1, -0.05) is 24.3 Å². The first kappa shape index (κ1) is 19.2. The highest BCUT2D eigenvalue weighted by atomic mass is 19.1. The fourth-order valence-corrected chi connectivity index (χ4v) is 2.34. The smallest absolute Gasteiger partial charge is 0.346 e. The number of methoxy groups -OCH3 is 2. The Balaban J connectivity index is 1.86. The number of carbonyl (C=O) groups excluding carboxylic acids is 2. The molecule has 2 aromatic rings. The number of benzene rings is 2. The van der Waals surface area contributed by atoms with Crippen LogP contribution in [0.1, 0.15) is 15.9 Å². The van der Waals surface area contributed by atoms with Crippen molar-refractivity contribution in [1.29, 1.82) is 0 Å². The molecule has 0 unspecified atom stereocenters. The van der Waals surface area contributed by atoms with E-state index in [2.05, 4.69) is 5.32 Å². The number of carbonyl (C=O) groups is 2. The van der Waals surface area contributed by atoms with Crippen LogP contribution in [0.3, 0.4) is 0 Å². The van der Waals surface area contributed by atoms with Gasteiger partial charge in [0.1, 0.15) is 22.9 Å². The minimum Gasteiger partial charge on any atom is -0.496 e. The third kappa shape index (κ3) is 4.95. The van der Waals surface area contributed by atoms with E-state index in [1.165, 1.54) is 20.3 Å². The third-order valence-electron chi connectivity index (χ3n) is 3.64. The minimum atomic E-state index is -0.733. The molecule has 2 aromatic carbocycles. The Morgan fingerprint density at radius 1 is 1.00 bits per heavy atom. The maximum absolute atomic E-state index is 13.5. The molecule has 1 N–H and O–H groups in total. The van der Waals surface area contributed by atoms with E-state index < -0.39 is 18.5 Å². The number of esters is 1. The number of rotatable bonds is 8. The Kier molecular flexibility index (Phi) is 6.96. The molecule has 1 amide bonds. The maximum Gasteiger partial charge on any atom is 0.346 e. The molecule has 0 bridgehead atoms. The van der Waals surface area contributed by atoms with Gasteiger partial charge < -0.3 is 19.5 Å². The number of halogens is 1. The van der Waals surface area contributed by atoms with Gasteiger partial charge in [-0.05, 0) is 30.2 Å². The molecule has 138 valence electrons. The maximum atomic E-state index is 13.5. The molecule has 0 aliphatic heterocycles. The Labute approximate surface area is 150 Å². The molecular formula is C19H20FNO5. The molecule has 0 fully saturated rings. The van der Waals surface area contributed by atoms with E-state index in [9.17, 15) is 14.0 Å². The number of amides is 1. The van der Waals surface area contributed by atoms with Crippen LogP contribution in [0, 0.1) is 5.82 Å². The number of hydrogen-bond donors (Lipinski definition) is 1. The van der Waals surface area contributed by atoms with Gasteiger partial charge in [-0.15, -0.1) is 0 Å². The molecule has 0 saturated heterocycles. The van der Waals surface area contributed by atoms with E-state index >= 15 is 0 Å². The van der Waals surface area contributed by atoms with E-state index in [0.717, 1.165) is 0 Å². The average Bonchev–Trinajstić information content (AvgIpc) is 2.66. The first-order chi connectivity index (χ1) is 12.6. The van der Waals surface area contributed by atoms with E-state index in [-0.39, 0.29) is 29.4 Å². The molecule has 0 aliphatic carbocycles. The van der Waals surface area contributed by atoms with Crippen LogP contribution in [0.15, 0.2) is 42.5 Å². The van der Waals surface area contributed by atoms with Gasteiger partial charge in [0, 0.05) is 6.54 Å². The second-order valence-electron chi connectivity index (χ2n) is 5.31. The second-order valence-corrected chi connectivity index (χ2v) is 5.31. The van der Waals surface area contributed by atoms with Crippen molar-refractivity contribution in [3.63, 3.8) is 0 Å². The summed E-state index contributed by atoms with van der Waals surface area (Å²) in [6, 6.07) is 11.2. The average molecular weight is 361 g/mol. The molecule has 0 radical (unpaired) electrons. The highest BCUT2D eigenvalue weighted by molar-refractivity contribution is 5.96. The molecule has 0 spiro atoms. The van der Waals surface area contributed by atoms with Crippen LogP contribution in [0.2, 0.25) is 0 Å². The van der Waals surface area contributed by atoms with Crippen LogP contribution in [0.25, 0.3) is 0 Å². The molecule has 7 heteroatoms. The van der Waals surface area contributed by atoms with Gasteiger partial charge in [0.2, 0.25) is 0 Å². The molecule has 0 aromatic heterocycles. The lowest BCUT2D eigenvalue weighted by molar-refractivity contribution is -0.124. The van der Waals surface area contributed by atoms with Crippen molar-refractivity contribution in [2.24, 2.45) is 0 Å². The quantitative estimate of drug-likeness (QED) is 0.731. The van der Waals surface area contributed by atoms with E-state index in [1.807, 2.05) is 0 Å². The Morgan fingerprint density at radius 3 is 2.27 bits per heavy atom. The lowest BCUT2D eigenvalue weighted by Crippen LogP contribution is -2.30. The molecular weight excluding hydrogens is 341 g/mol. The summed E-state index contributed by atoms with van der Waals surface area (Å²) >= 11 is 0. The largest absolute Gasteiger partial charge is 0.496 e. The van der Waals surface area contributed by atoms with Gasteiger partial charge in [-0.25, -0.2) is 9.18 Å². The minimum absolute atomic E-state index is 0.108. The van der Waals surface area contributed by atoms with Crippen molar-refractivity contribution in [2.45, 2.75) is 6.42 Å². The Hall–Kier alpha value is -3.09. The highest BCUT2D eigenvalue weighted by Gasteiger charge is 2.20. The number of ether oxygens (including phenoxy) is 3. The summed E-state index contributed by atoms with van der Waals surface area (Å²) < 4.78 is 28.8. The zero-order chi connectivity index (χ0) is 18.9. The van der Waals surface area contributed by atoms with Crippen LogP contribution in [0.5, 0.6) is 11.5 Å². The monoisotopic (exact) mass is 361 g/mol. The van der Waals surface area contributed by atoms with Crippen molar-refractivity contribution in [3.05, 3.63) is 59.4 Å². The number of nitrogens with one attached hydrogen (secondary N) is 1. The van der Waals surface area contributed by atoms with Gasteiger partial charge in [0.15, 0.2) is 6.61 Å². The summed E-state index contributed by atoms with van der Waals surface area (Å²) in [7, 11) is 2.84. The Morgan fingerprint density at radius 2 is 1.65 bits per heavy atom. The zero-order valence-electron chi connectivity index (χ0n) is 14.6. The standard InChI is InChI=1S/C19H20FNO5/c1-24-15-8-5-9-16(25-2)18(15)19(23)26-12-17(22)21-11-10-13-6-3-4-7-14(13)20/h3-9H,10-12H2,1-2H3,(H,21,22). The van der Waals surface area contributed by atoms with Gasteiger partial charge in [-0.2, -0.15) is 0 Å². The van der Waals surface area contributed by atoms with Crippen LogP contribution >= 0.6 is 0 Å². The number of hydrogen-bond acceptors (Lipinski definition) is 5. The normalized spacial score (nSPS) is 10.1. The molecule has 0 atom stereocenters. The zero-order valence-corrected chi connectivity index (χ0v) is 14.6. The SMILES string of the molecule is COc1cccc(OC)c1C(=O)OCC(=O)NCCc1ccccc1F. The van der Waals surface area contributed by atoms with Crippen LogP contribution in [0.4, 0.5) is 4.39 Å². The summed E-state index contributed by atoms with van der Waals surface area (Å²) in [4.78, 5) is 24.1. The molecule has 0 saturated carbocycles. The van der Waals surface area contributed by atoms with Crippen molar-refractivity contribution in [2.75, 3.05) is 27.4 Å². The van der Waals surface area contributed by atoms with E-state index in [4.69, 9.17) is 14.2 Å². The van der Waals surface area contributed by atoms with Gasteiger partial charge in [-0.3, -0.25) is 4.79 Å². The van der Waals surface area contributed by atoms with Crippen molar-refractivity contribution in [3.8, 4) is 11.5 Å². The fourth-order valence-electron chi connectivity index (χ4n) is 2.34.